The number of nitrogens with zero attached hydrogens (tertiary/aromatic N) is 1. The van der Waals surface area contributed by atoms with Crippen LogP contribution < -0.4 is 5.73 Å². The van der Waals surface area contributed by atoms with Crippen molar-refractivity contribution in [3.8, 4) is 11.8 Å². The van der Waals surface area contributed by atoms with Gasteiger partial charge in [-0.25, -0.2) is 4.98 Å². The maximum atomic E-state index is 5.55. The van der Waals surface area contributed by atoms with Gasteiger partial charge in [0.05, 0.1) is 0 Å². The van der Waals surface area contributed by atoms with E-state index >= 15 is 0 Å². The lowest BCUT2D eigenvalue weighted by Crippen LogP contribution is -1.97. The van der Waals surface area contributed by atoms with Gasteiger partial charge in [0.1, 0.15) is 5.69 Å². The van der Waals surface area contributed by atoms with Crippen molar-refractivity contribution in [2.24, 2.45) is 5.73 Å². The van der Waals surface area contributed by atoms with E-state index in [-0.39, 0.29) is 0 Å². The number of hydrogen-bond acceptors (Lipinski definition) is 2. The first-order valence-electron chi connectivity index (χ1n) is 5.10. The fourth-order valence-electron chi connectivity index (χ4n) is 1.33. The largest absolute Gasteiger partial charge is 0.326 e. The van der Waals surface area contributed by atoms with Gasteiger partial charge >= 0.3 is 0 Å². The van der Waals surface area contributed by atoms with Crippen LogP contribution in [0.1, 0.15) is 16.8 Å². The molecule has 0 aliphatic carbocycles. The van der Waals surface area contributed by atoms with Crippen LogP contribution in [0.25, 0.3) is 0 Å². The Morgan fingerprint density at radius 2 is 1.88 bits per heavy atom. The van der Waals surface area contributed by atoms with Gasteiger partial charge in [-0.3, -0.25) is 0 Å². The molecule has 1 aromatic heterocycles. The zero-order chi connectivity index (χ0) is 11.2. The van der Waals surface area contributed by atoms with Crippen molar-refractivity contribution in [3.05, 3.63) is 65.5 Å². The third-order valence-electron chi connectivity index (χ3n) is 2.17. The number of nitrogens with two attached hydrogens (primary N) is 1. The Balaban J connectivity index is 2.24. The summed E-state index contributed by atoms with van der Waals surface area (Å²) in [6, 6.07) is 13.7. The minimum atomic E-state index is 0.516. The summed E-state index contributed by atoms with van der Waals surface area (Å²) in [6.45, 7) is 0.516. The SMILES string of the molecule is NCc1ccnc(C#Cc2ccccc2)c1. The molecule has 78 valence electrons. The lowest BCUT2D eigenvalue weighted by molar-refractivity contribution is 1.05. The van der Waals surface area contributed by atoms with Crippen LogP contribution in [0.15, 0.2) is 48.7 Å². The van der Waals surface area contributed by atoms with Crippen LogP contribution in [0.2, 0.25) is 0 Å². The molecule has 2 rings (SSSR count). The summed E-state index contributed by atoms with van der Waals surface area (Å²) in [5, 5.41) is 0. The Labute approximate surface area is 95.1 Å². The van der Waals surface area contributed by atoms with Crippen molar-refractivity contribution >= 4 is 0 Å². The van der Waals surface area contributed by atoms with Gasteiger partial charge in [-0.1, -0.05) is 24.1 Å². The van der Waals surface area contributed by atoms with Crippen LogP contribution in [-0.2, 0) is 6.54 Å². The summed E-state index contributed by atoms with van der Waals surface area (Å²) in [6.07, 6.45) is 1.73. The van der Waals surface area contributed by atoms with E-state index in [1.165, 1.54) is 0 Å². The molecule has 0 unspecified atom stereocenters. The quantitative estimate of drug-likeness (QED) is 0.727. The van der Waals surface area contributed by atoms with Gasteiger partial charge in [-0.05, 0) is 35.7 Å². The third kappa shape index (κ3) is 2.69. The van der Waals surface area contributed by atoms with Crippen molar-refractivity contribution in [1.82, 2.24) is 4.98 Å². The maximum Gasteiger partial charge on any atom is 0.113 e. The molecule has 0 spiro atoms. The fourth-order valence-corrected chi connectivity index (χ4v) is 1.33. The first kappa shape index (κ1) is 10.4. The number of pyridine rings is 1. The molecule has 0 bridgehead atoms. The molecule has 0 aliphatic rings. The van der Waals surface area contributed by atoms with Crippen LogP contribution in [0.5, 0.6) is 0 Å². The van der Waals surface area contributed by atoms with Crippen LogP contribution >= 0.6 is 0 Å². The Morgan fingerprint density at radius 3 is 2.62 bits per heavy atom. The van der Waals surface area contributed by atoms with E-state index in [9.17, 15) is 0 Å². The number of hydrogen-bond donors (Lipinski definition) is 1. The molecule has 2 nitrogen and oxygen atoms in total. The molecule has 2 heteroatoms. The number of aromatic nitrogens is 1. The molecule has 0 amide bonds. The molecule has 0 aliphatic heterocycles. The second-order valence-corrected chi connectivity index (χ2v) is 3.37. The molecule has 0 atom stereocenters. The van der Waals surface area contributed by atoms with Crippen molar-refractivity contribution in [3.63, 3.8) is 0 Å². The van der Waals surface area contributed by atoms with Crippen molar-refractivity contribution in [1.29, 1.82) is 0 Å². The predicted octanol–water partition coefficient (Wildman–Crippen LogP) is 1.94. The van der Waals surface area contributed by atoms with Crippen molar-refractivity contribution in [2.75, 3.05) is 0 Å². The van der Waals surface area contributed by atoms with Crippen LogP contribution in [0.4, 0.5) is 0 Å². The third-order valence-corrected chi connectivity index (χ3v) is 2.17. The predicted molar refractivity (Wildman–Crippen MR) is 64.6 cm³/mol. The van der Waals surface area contributed by atoms with Gasteiger partial charge in [0.25, 0.3) is 0 Å². The average Bonchev–Trinajstić information content (AvgIpc) is 2.38. The minimum absolute atomic E-state index is 0.516. The molecule has 16 heavy (non-hydrogen) atoms. The van der Waals surface area contributed by atoms with E-state index in [1.54, 1.807) is 6.20 Å². The Morgan fingerprint density at radius 1 is 1.06 bits per heavy atom. The zero-order valence-electron chi connectivity index (χ0n) is 8.85. The molecule has 2 N–H and O–H groups in total. The fraction of sp³-hybridized carbons (Fsp3) is 0.0714. The molecular weight excluding hydrogens is 196 g/mol. The highest BCUT2D eigenvalue weighted by Crippen LogP contribution is 2.00. The van der Waals surface area contributed by atoms with Crippen molar-refractivity contribution in [2.45, 2.75) is 6.54 Å². The van der Waals surface area contributed by atoms with Crippen molar-refractivity contribution < 1.29 is 0 Å². The summed E-state index contributed by atoms with van der Waals surface area (Å²) in [5.41, 5.74) is 8.34. The standard InChI is InChI=1S/C14H12N2/c15-11-13-8-9-16-14(10-13)7-6-12-4-2-1-3-5-12/h1-5,8-10H,11,15H2. The second-order valence-electron chi connectivity index (χ2n) is 3.37. The molecular formula is C14H12N2. The Bertz CT molecular complexity index is 521. The van der Waals surface area contributed by atoms with E-state index in [1.807, 2.05) is 42.5 Å². The average molecular weight is 208 g/mol. The Kier molecular flexibility index (Phi) is 3.32. The Hall–Kier alpha value is -2.11. The minimum Gasteiger partial charge on any atom is -0.326 e. The number of benzene rings is 1. The van der Waals surface area contributed by atoms with Gasteiger partial charge in [-0.15, -0.1) is 0 Å². The van der Waals surface area contributed by atoms with Crippen LogP contribution in [0, 0.1) is 11.8 Å². The molecule has 0 saturated carbocycles. The summed E-state index contributed by atoms with van der Waals surface area (Å²) in [7, 11) is 0. The second kappa shape index (κ2) is 5.11. The van der Waals surface area contributed by atoms with Gasteiger partial charge in [-0.2, -0.15) is 0 Å². The highest BCUT2D eigenvalue weighted by atomic mass is 14.7. The maximum absolute atomic E-state index is 5.55. The van der Waals surface area contributed by atoms with Gasteiger partial charge in [0, 0.05) is 18.3 Å². The molecule has 0 fully saturated rings. The van der Waals surface area contributed by atoms with Gasteiger partial charge in [0.2, 0.25) is 0 Å². The van der Waals surface area contributed by atoms with E-state index in [0.29, 0.717) is 6.54 Å². The summed E-state index contributed by atoms with van der Waals surface area (Å²) in [5.74, 6) is 6.08. The van der Waals surface area contributed by atoms with E-state index in [2.05, 4.69) is 16.8 Å². The monoisotopic (exact) mass is 208 g/mol. The molecule has 0 radical (unpaired) electrons. The van der Waals surface area contributed by atoms with Crippen LogP contribution in [0.3, 0.4) is 0 Å². The lowest BCUT2D eigenvalue weighted by Gasteiger charge is -1.95. The first-order chi connectivity index (χ1) is 7.88. The zero-order valence-corrected chi connectivity index (χ0v) is 8.85. The highest BCUT2D eigenvalue weighted by molar-refractivity contribution is 5.40. The molecule has 2 aromatic rings. The highest BCUT2D eigenvalue weighted by Gasteiger charge is 1.91. The van der Waals surface area contributed by atoms with E-state index in [4.69, 9.17) is 5.73 Å². The lowest BCUT2D eigenvalue weighted by atomic mass is 10.2. The van der Waals surface area contributed by atoms with E-state index < -0.39 is 0 Å². The number of rotatable bonds is 1. The summed E-state index contributed by atoms with van der Waals surface area (Å²) >= 11 is 0. The van der Waals surface area contributed by atoms with Gasteiger partial charge < -0.3 is 5.73 Å². The normalized spacial score (nSPS) is 9.31. The molecule has 0 saturated heterocycles. The van der Waals surface area contributed by atoms with Crippen LogP contribution in [-0.4, -0.2) is 4.98 Å². The summed E-state index contributed by atoms with van der Waals surface area (Å²) < 4.78 is 0. The molecule has 1 aromatic carbocycles. The smallest absolute Gasteiger partial charge is 0.113 e. The topological polar surface area (TPSA) is 38.9 Å². The first-order valence-corrected chi connectivity index (χ1v) is 5.10. The van der Waals surface area contributed by atoms with E-state index in [0.717, 1.165) is 16.8 Å². The molecule has 1 heterocycles. The van der Waals surface area contributed by atoms with Gasteiger partial charge in [0.15, 0.2) is 0 Å². The summed E-state index contributed by atoms with van der Waals surface area (Å²) in [4.78, 5) is 4.17.